The molecule has 2 aromatic rings. The summed E-state index contributed by atoms with van der Waals surface area (Å²) < 4.78 is 48.4. The number of benzene rings is 2. The number of halogens is 3. The van der Waals surface area contributed by atoms with Crippen LogP contribution in [0.5, 0.6) is 11.5 Å². The Morgan fingerprint density at radius 2 is 2.00 bits per heavy atom. The first kappa shape index (κ1) is 22.5. The molecule has 0 aromatic heterocycles. The highest BCUT2D eigenvalue weighted by Gasteiger charge is 2.36. The van der Waals surface area contributed by atoms with Gasteiger partial charge < -0.3 is 19.7 Å². The van der Waals surface area contributed by atoms with Crippen LogP contribution in [0.15, 0.2) is 42.5 Å². The summed E-state index contributed by atoms with van der Waals surface area (Å²) in [7, 11) is 0. The lowest BCUT2D eigenvalue weighted by Gasteiger charge is -2.24. The number of hydrogen-bond donors (Lipinski definition) is 1. The summed E-state index contributed by atoms with van der Waals surface area (Å²) in [6, 6.07) is 9.30. The van der Waals surface area contributed by atoms with Gasteiger partial charge in [-0.15, -0.1) is 0 Å². The van der Waals surface area contributed by atoms with E-state index < -0.39 is 24.4 Å². The topological polar surface area (TPSA) is 67.9 Å². The van der Waals surface area contributed by atoms with Gasteiger partial charge in [0.15, 0.2) is 11.5 Å². The Morgan fingerprint density at radius 3 is 2.68 bits per heavy atom. The molecular weight excluding hydrogens is 413 g/mol. The molecule has 1 saturated heterocycles. The molecular formula is C22H23F3N2O4. The molecule has 1 aliphatic heterocycles. The fourth-order valence-electron chi connectivity index (χ4n) is 3.52. The average molecular weight is 436 g/mol. The van der Waals surface area contributed by atoms with E-state index in [0.29, 0.717) is 5.69 Å². The first-order valence-electron chi connectivity index (χ1n) is 9.86. The van der Waals surface area contributed by atoms with Crippen molar-refractivity contribution in [2.24, 2.45) is 0 Å². The van der Waals surface area contributed by atoms with Gasteiger partial charge in [0.1, 0.15) is 11.9 Å². The van der Waals surface area contributed by atoms with Crippen molar-refractivity contribution in [3.05, 3.63) is 53.8 Å². The van der Waals surface area contributed by atoms with Gasteiger partial charge in [-0.1, -0.05) is 12.1 Å². The number of amides is 2. The van der Waals surface area contributed by atoms with Crippen molar-refractivity contribution in [3.8, 4) is 11.5 Å². The summed E-state index contributed by atoms with van der Waals surface area (Å²) in [6.07, 6.45) is 0.165. The molecule has 31 heavy (non-hydrogen) atoms. The van der Waals surface area contributed by atoms with Crippen molar-refractivity contribution < 1.29 is 32.2 Å². The predicted molar refractivity (Wildman–Crippen MR) is 108 cm³/mol. The number of carbonyl (C=O) groups is 2. The van der Waals surface area contributed by atoms with Gasteiger partial charge in [0, 0.05) is 24.6 Å². The average Bonchev–Trinajstić information content (AvgIpc) is 3.10. The quantitative estimate of drug-likeness (QED) is 0.675. The van der Waals surface area contributed by atoms with Gasteiger partial charge in [-0.3, -0.25) is 9.59 Å². The van der Waals surface area contributed by atoms with Gasteiger partial charge in [0.05, 0.1) is 6.61 Å². The molecule has 0 radical (unpaired) electrons. The van der Waals surface area contributed by atoms with Crippen molar-refractivity contribution >= 4 is 17.5 Å². The normalized spacial score (nSPS) is 17.0. The van der Waals surface area contributed by atoms with E-state index in [1.165, 1.54) is 29.2 Å². The molecule has 0 saturated carbocycles. The van der Waals surface area contributed by atoms with E-state index in [1.807, 2.05) is 0 Å². The maximum absolute atomic E-state index is 13.3. The highest BCUT2D eigenvalue weighted by Crippen LogP contribution is 2.36. The summed E-state index contributed by atoms with van der Waals surface area (Å²) in [5, 5.41) is 2.61. The van der Waals surface area contributed by atoms with E-state index in [1.54, 1.807) is 32.0 Å². The van der Waals surface area contributed by atoms with E-state index in [-0.39, 0.29) is 42.9 Å². The van der Waals surface area contributed by atoms with Gasteiger partial charge >= 0.3 is 6.61 Å². The Morgan fingerprint density at radius 1 is 1.23 bits per heavy atom. The molecule has 1 aliphatic rings. The van der Waals surface area contributed by atoms with Crippen LogP contribution in [0, 0.1) is 5.82 Å². The lowest BCUT2D eigenvalue weighted by atomic mass is 9.98. The lowest BCUT2D eigenvalue weighted by Crippen LogP contribution is -2.42. The molecule has 0 spiro atoms. The SMILES string of the molecule is CCOc1cc([C@@H]2CC(=O)N([C@H](C)C(=O)Nc3cccc(F)c3)C2)ccc1OC(F)F. The van der Waals surface area contributed by atoms with Crippen molar-refractivity contribution in [1.29, 1.82) is 0 Å². The minimum absolute atomic E-state index is 0.0791. The van der Waals surface area contributed by atoms with Crippen molar-refractivity contribution in [2.75, 3.05) is 18.5 Å². The van der Waals surface area contributed by atoms with Crippen LogP contribution >= 0.6 is 0 Å². The van der Waals surface area contributed by atoms with Crippen LogP contribution in [-0.2, 0) is 9.59 Å². The molecule has 2 atom stereocenters. The van der Waals surface area contributed by atoms with Gasteiger partial charge in [-0.2, -0.15) is 8.78 Å². The predicted octanol–water partition coefficient (Wildman–Crippen LogP) is 4.17. The van der Waals surface area contributed by atoms with Gasteiger partial charge in [-0.05, 0) is 49.7 Å². The monoisotopic (exact) mass is 436 g/mol. The number of hydrogen-bond acceptors (Lipinski definition) is 4. The van der Waals surface area contributed by atoms with E-state index in [9.17, 15) is 22.8 Å². The number of rotatable bonds is 8. The molecule has 3 rings (SSSR count). The zero-order valence-corrected chi connectivity index (χ0v) is 17.1. The van der Waals surface area contributed by atoms with Crippen LogP contribution < -0.4 is 14.8 Å². The molecule has 0 bridgehead atoms. The number of ether oxygens (including phenoxy) is 2. The fraction of sp³-hybridized carbons (Fsp3) is 0.364. The second-order valence-electron chi connectivity index (χ2n) is 7.14. The Labute approximate surface area is 177 Å². The van der Waals surface area contributed by atoms with Crippen LogP contribution in [0.25, 0.3) is 0 Å². The zero-order chi connectivity index (χ0) is 22.5. The molecule has 2 amide bonds. The van der Waals surface area contributed by atoms with Gasteiger partial charge in [-0.25, -0.2) is 4.39 Å². The van der Waals surface area contributed by atoms with Crippen LogP contribution in [-0.4, -0.2) is 42.5 Å². The Bertz CT molecular complexity index is 954. The molecule has 9 heteroatoms. The minimum Gasteiger partial charge on any atom is -0.490 e. The van der Waals surface area contributed by atoms with Gasteiger partial charge in [0.25, 0.3) is 0 Å². The molecule has 0 unspecified atom stereocenters. The highest BCUT2D eigenvalue weighted by atomic mass is 19.3. The molecule has 1 N–H and O–H groups in total. The molecule has 2 aromatic carbocycles. The van der Waals surface area contributed by atoms with E-state index in [4.69, 9.17) is 4.74 Å². The number of anilines is 1. The van der Waals surface area contributed by atoms with Gasteiger partial charge in [0.2, 0.25) is 11.8 Å². The summed E-state index contributed by atoms with van der Waals surface area (Å²) in [5.41, 5.74) is 1.02. The second kappa shape index (κ2) is 9.72. The minimum atomic E-state index is -2.98. The molecule has 1 fully saturated rings. The molecule has 166 valence electrons. The van der Waals surface area contributed by atoms with Crippen LogP contribution in [0.4, 0.5) is 18.9 Å². The second-order valence-corrected chi connectivity index (χ2v) is 7.14. The third-order valence-corrected chi connectivity index (χ3v) is 5.05. The smallest absolute Gasteiger partial charge is 0.387 e. The first-order chi connectivity index (χ1) is 14.8. The fourth-order valence-corrected chi connectivity index (χ4v) is 3.52. The van der Waals surface area contributed by atoms with Crippen LogP contribution in [0.3, 0.4) is 0 Å². The maximum atomic E-state index is 13.3. The maximum Gasteiger partial charge on any atom is 0.387 e. The molecule has 6 nitrogen and oxygen atoms in total. The zero-order valence-electron chi connectivity index (χ0n) is 17.1. The third kappa shape index (κ3) is 5.48. The first-order valence-corrected chi connectivity index (χ1v) is 9.86. The summed E-state index contributed by atoms with van der Waals surface area (Å²) >= 11 is 0. The molecule has 0 aliphatic carbocycles. The number of nitrogens with one attached hydrogen (secondary N) is 1. The largest absolute Gasteiger partial charge is 0.490 e. The lowest BCUT2D eigenvalue weighted by molar-refractivity contribution is -0.134. The van der Waals surface area contributed by atoms with Crippen molar-refractivity contribution in [3.63, 3.8) is 0 Å². The summed E-state index contributed by atoms with van der Waals surface area (Å²) in [6.45, 7) is 0.873. The Balaban J connectivity index is 1.71. The van der Waals surface area contributed by atoms with Crippen molar-refractivity contribution in [1.82, 2.24) is 4.90 Å². The number of nitrogens with zero attached hydrogens (tertiary/aromatic N) is 1. The Hall–Kier alpha value is -3.23. The summed E-state index contributed by atoms with van der Waals surface area (Å²) in [5.74, 6) is -1.27. The third-order valence-electron chi connectivity index (χ3n) is 5.05. The van der Waals surface area contributed by atoms with Crippen molar-refractivity contribution in [2.45, 2.75) is 38.8 Å². The van der Waals surface area contributed by atoms with Crippen LogP contribution in [0.1, 0.15) is 31.7 Å². The number of alkyl halides is 2. The summed E-state index contributed by atoms with van der Waals surface area (Å²) in [4.78, 5) is 26.6. The van der Waals surface area contributed by atoms with E-state index in [2.05, 4.69) is 10.1 Å². The highest BCUT2D eigenvalue weighted by molar-refractivity contribution is 5.97. The number of likely N-dealkylation sites (tertiary alicyclic amines) is 1. The number of carbonyl (C=O) groups excluding carboxylic acids is 2. The standard InChI is InChI=1S/C22H23F3N2O4/c1-3-30-19-9-14(7-8-18(19)31-22(24)25)15-10-20(28)27(12-15)13(2)21(29)26-17-6-4-5-16(23)11-17/h4-9,11,13,15,22H,3,10,12H2,1-2H3,(H,26,29)/t13-,15-/m1/s1. The van der Waals surface area contributed by atoms with Crippen LogP contribution in [0.2, 0.25) is 0 Å². The molecule has 1 heterocycles. The van der Waals surface area contributed by atoms with E-state index >= 15 is 0 Å². The Kier molecular flexibility index (Phi) is 7.04. The van der Waals surface area contributed by atoms with E-state index in [0.717, 1.165) is 5.56 Å².